The molecule has 0 unspecified atom stereocenters. The van der Waals surface area contributed by atoms with Crippen LogP contribution in [-0.2, 0) is 6.18 Å². The average molecular weight is 465 g/mol. The van der Waals surface area contributed by atoms with Gasteiger partial charge in [0.2, 0.25) is 0 Å². The molecule has 0 aliphatic heterocycles. The number of halogens is 8. The first-order valence-corrected chi connectivity index (χ1v) is 11.2. The third-order valence-electron chi connectivity index (χ3n) is 3.72. The zero-order chi connectivity index (χ0) is 19.3. The van der Waals surface area contributed by atoms with E-state index in [1.807, 2.05) is 0 Å². The maximum absolute atomic E-state index is 13.3. The molecule has 1 nitrogen and oxygen atoms in total. The third-order valence-corrected chi connectivity index (χ3v) is 7.03. The van der Waals surface area contributed by atoms with Gasteiger partial charge in [0, 0.05) is 16.5 Å². The summed E-state index contributed by atoms with van der Waals surface area (Å²) in [6, 6.07) is 7.40. The lowest BCUT2D eigenvalue weighted by atomic mass is 10.2. The molecule has 1 aromatic heterocycles. The summed E-state index contributed by atoms with van der Waals surface area (Å²) in [7, 11) is 9.49. The molecule has 0 aliphatic rings. The predicted octanol–water partition coefficient (Wildman–Crippen LogP) is 8.35. The van der Waals surface area contributed by atoms with Crippen LogP contribution >= 0.6 is 53.0 Å². The van der Waals surface area contributed by atoms with Crippen LogP contribution in [0.15, 0.2) is 47.5 Å². The summed E-state index contributed by atoms with van der Waals surface area (Å²) in [5.74, 6) is 0. The summed E-state index contributed by atoms with van der Waals surface area (Å²) >= 11 is 12.2. The molecule has 3 rings (SSSR count). The molecule has 0 saturated carbocycles. The summed E-state index contributed by atoms with van der Waals surface area (Å²) in [6.45, 7) is 0. The van der Waals surface area contributed by atoms with Gasteiger partial charge in [-0.15, -0.1) is 0 Å². The fourth-order valence-corrected chi connectivity index (χ4v) is 4.87. The quantitative estimate of drug-likeness (QED) is 0.343. The van der Waals surface area contributed by atoms with Gasteiger partial charge in [-0.05, 0) is 48.0 Å². The summed E-state index contributed by atoms with van der Waals surface area (Å²) in [4.78, 5) is 0.339. The summed E-state index contributed by atoms with van der Waals surface area (Å²) in [6.07, 6.45) is -3.13. The van der Waals surface area contributed by atoms with Gasteiger partial charge < -0.3 is 4.57 Å². The normalized spacial score (nSPS) is 13.4. The van der Waals surface area contributed by atoms with Gasteiger partial charge in [0.25, 0.3) is 0 Å². The number of nitrogens with zero attached hydrogens (tertiary/aromatic N) is 1. The highest BCUT2D eigenvalue weighted by Gasteiger charge is 2.33. The zero-order valence-electron chi connectivity index (χ0n) is 12.6. The van der Waals surface area contributed by atoms with Gasteiger partial charge in [-0.25, -0.2) is 4.39 Å². The molecule has 26 heavy (non-hydrogen) atoms. The molecule has 2 aromatic carbocycles. The van der Waals surface area contributed by atoms with E-state index < -0.39 is 26.2 Å². The Balaban J connectivity index is 2.31. The highest BCUT2D eigenvalue weighted by Crippen LogP contribution is 2.67. The van der Waals surface area contributed by atoms with Gasteiger partial charge in [-0.1, -0.05) is 41.4 Å². The molecule has 0 saturated heterocycles. The van der Waals surface area contributed by atoms with Crippen LogP contribution in [0.2, 0.25) is 10.0 Å². The molecule has 0 fully saturated rings. The van der Waals surface area contributed by atoms with Crippen LogP contribution in [0.4, 0.5) is 17.6 Å². The Hall–Kier alpha value is -0.790. The van der Waals surface area contributed by atoms with Crippen molar-refractivity contribution in [2.45, 2.75) is 11.1 Å². The van der Waals surface area contributed by atoms with Gasteiger partial charge in [0.05, 0.1) is 26.8 Å². The van der Waals surface area contributed by atoms with E-state index in [2.05, 4.69) is 0 Å². The van der Waals surface area contributed by atoms with E-state index in [-0.39, 0.29) is 15.7 Å². The van der Waals surface area contributed by atoms with E-state index in [1.54, 1.807) is 24.3 Å². The zero-order valence-corrected chi connectivity index (χ0v) is 16.5. The minimum absolute atomic E-state index is 0.131. The maximum Gasteiger partial charge on any atom is 0.416 e. The lowest BCUT2D eigenvalue weighted by molar-refractivity contribution is -0.137. The predicted molar refractivity (Wildman–Crippen MR) is 102 cm³/mol. The molecular weight excluding hydrogens is 456 g/mol. The first-order chi connectivity index (χ1) is 12.1. The van der Waals surface area contributed by atoms with E-state index in [4.69, 9.17) is 44.6 Å². The van der Waals surface area contributed by atoms with Gasteiger partial charge in [0.1, 0.15) is 6.01 Å². The van der Waals surface area contributed by atoms with Crippen molar-refractivity contribution in [3.8, 4) is 5.69 Å². The molecular formula is C16H9Cl4F4NS. The summed E-state index contributed by atoms with van der Waals surface area (Å²) in [5.41, 5.74) is -0.296. The van der Waals surface area contributed by atoms with Crippen molar-refractivity contribution in [2.24, 2.45) is 0 Å². The van der Waals surface area contributed by atoms with Crippen molar-refractivity contribution in [3.05, 3.63) is 58.2 Å². The van der Waals surface area contributed by atoms with E-state index in [9.17, 15) is 17.6 Å². The Labute approximate surface area is 166 Å². The molecule has 0 amide bonds. The molecule has 0 atom stereocenters. The maximum atomic E-state index is 13.3. The number of hydrogen-bond donors (Lipinski definition) is 0. The highest BCUT2D eigenvalue weighted by molar-refractivity contribution is 8.66. The SMILES string of the molecule is FCS(Cl)(Cl)c1cn(-c2c(Cl)cc(C(F)(F)F)cc2Cl)c2ccccc12. The van der Waals surface area contributed by atoms with Gasteiger partial charge in [-0.2, -0.15) is 13.2 Å². The van der Waals surface area contributed by atoms with Gasteiger partial charge in [-0.3, -0.25) is 0 Å². The molecule has 0 radical (unpaired) electrons. The highest BCUT2D eigenvalue weighted by atomic mass is 36.0. The average Bonchev–Trinajstić information content (AvgIpc) is 2.94. The Morgan fingerprint density at radius 1 is 1.00 bits per heavy atom. The number of hydrogen-bond acceptors (Lipinski definition) is 0. The number of para-hydroxylation sites is 1. The number of aromatic nitrogens is 1. The van der Waals surface area contributed by atoms with Crippen LogP contribution in [0, 0.1) is 0 Å². The van der Waals surface area contributed by atoms with Crippen molar-refractivity contribution < 1.29 is 17.6 Å². The second-order valence-electron chi connectivity index (χ2n) is 5.35. The number of rotatable bonds is 3. The van der Waals surface area contributed by atoms with Gasteiger partial charge >= 0.3 is 6.18 Å². The summed E-state index contributed by atoms with van der Waals surface area (Å²) in [5, 5.41) is 0.154. The molecule has 0 aliphatic carbocycles. The Kier molecular flexibility index (Phi) is 5.36. The van der Waals surface area contributed by atoms with Crippen LogP contribution < -0.4 is 0 Å². The topological polar surface area (TPSA) is 4.93 Å². The van der Waals surface area contributed by atoms with Crippen LogP contribution in [0.3, 0.4) is 0 Å². The summed E-state index contributed by atoms with van der Waals surface area (Å²) < 4.78 is 53.6. The van der Waals surface area contributed by atoms with Crippen molar-refractivity contribution >= 4 is 63.9 Å². The molecule has 0 N–H and O–H groups in total. The fraction of sp³-hybridized carbons (Fsp3) is 0.125. The van der Waals surface area contributed by atoms with Crippen molar-refractivity contribution in [2.75, 3.05) is 6.01 Å². The first kappa shape index (κ1) is 20.0. The number of benzene rings is 2. The number of fused-ring (bicyclic) bond motifs is 1. The van der Waals surface area contributed by atoms with E-state index in [1.165, 1.54) is 10.8 Å². The van der Waals surface area contributed by atoms with Crippen LogP contribution in [0.25, 0.3) is 16.6 Å². The molecule has 0 spiro atoms. The standard InChI is InChI=1S/C16H9Cl4F4NS/c17-11-5-9(16(22,23)24)6-12(18)15(11)25-7-14(26(19,20)8-21)10-3-1-2-4-13(10)25/h1-7H,8H2. The van der Waals surface area contributed by atoms with Crippen molar-refractivity contribution in [1.29, 1.82) is 0 Å². The number of alkyl halides is 4. The molecule has 0 bridgehead atoms. The van der Waals surface area contributed by atoms with E-state index in [0.717, 1.165) is 12.1 Å². The van der Waals surface area contributed by atoms with Gasteiger partial charge in [0.15, 0.2) is 0 Å². The molecule has 1 heterocycles. The largest absolute Gasteiger partial charge is 0.416 e. The second-order valence-corrected chi connectivity index (χ2v) is 11.6. The van der Waals surface area contributed by atoms with Crippen LogP contribution in [-0.4, -0.2) is 10.6 Å². The molecule has 3 aromatic rings. The van der Waals surface area contributed by atoms with Crippen LogP contribution in [0.5, 0.6) is 0 Å². The Morgan fingerprint density at radius 3 is 2.12 bits per heavy atom. The smallest absolute Gasteiger partial charge is 0.313 e. The van der Waals surface area contributed by atoms with Crippen molar-refractivity contribution in [1.82, 2.24) is 4.57 Å². The van der Waals surface area contributed by atoms with Crippen molar-refractivity contribution in [3.63, 3.8) is 0 Å². The lowest BCUT2D eigenvalue weighted by Gasteiger charge is -2.19. The minimum atomic E-state index is -4.59. The Bertz CT molecular complexity index is 961. The van der Waals surface area contributed by atoms with Crippen LogP contribution in [0.1, 0.15) is 5.56 Å². The first-order valence-electron chi connectivity index (χ1n) is 6.99. The third kappa shape index (κ3) is 3.50. The minimum Gasteiger partial charge on any atom is -0.313 e. The molecule has 140 valence electrons. The lowest BCUT2D eigenvalue weighted by Crippen LogP contribution is -2.06. The van der Waals surface area contributed by atoms with E-state index in [0.29, 0.717) is 15.8 Å². The van der Waals surface area contributed by atoms with E-state index >= 15 is 0 Å². The monoisotopic (exact) mass is 463 g/mol. The second kappa shape index (κ2) is 6.99. The Morgan fingerprint density at radius 2 is 1.58 bits per heavy atom. The molecule has 10 heteroatoms. The fourth-order valence-electron chi connectivity index (χ4n) is 2.59.